The van der Waals surface area contributed by atoms with E-state index in [2.05, 4.69) is 42.6 Å². The van der Waals surface area contributed by atoms with Crippen LogP contribution in [0.4, 0.5) is 0 Å². The van der Waals surface area contributed by atoms with E-state index in [1.54, 1.807) is 0 Å². The second kappa shape index (κ2) is 6.06. The molecule has 0 radical (unpaired) electrons. The summed E-state index contributed by atoms with van der Waals surface area (Å²) in [6.45, 7) is 4.52. The molecule has 0 aromatic heterocycles. The predicted octanol–water partition coefficient (Wildman–Crippen LogP) is 3.02. The van der Waals surface area contributed by atoms with E-state index in [1.165, 1.54) is 31.2 Å². The smallest absolute Gasteiger partial charge is 0.0611 e. The number of hydrogen-bond acceptors (Lipinski definition) is 2. The summed E-state index contributed by atoms with van der Waals surface area (Å²) >= 11 is 0. The van der Waals surface area contributed by atoms with Crippen LogP contribution in [-0.4, -0.2) is 25.3 Å². The molecule has 3 rings (SSSR count). The monoisotopic (exact) mass is 259 g/mol. The molecule has 0 bridgehead atoms. The zero-order valence-corrected chi connectivity index (χ0v) is 11.8. The summed E-state index contributed by atoms with van der Waals surface area (Å²) in [5.41, 5.74) is 1.47. The van der Waals surface area contributed by atoms with Gasteiger partial charge in [-0.15, -0.1) is 0 Å². The summed E-state index contributed by atoms with van der Waals surface area (Å²) in [7, 11) is 0. The molecule has 0 aliphatic carbocycles. The molecule has 4 atom stereocenters. The second-order valence-corrected chi connectivity index (χ2v) is 6.17. The van der Waals surface area contributed by atoms with E-state index in [1.807, 2.05) is 0 Å². The highest BCUT2D eigenvalue weighted by atomic mass is 16.5. The van der Waals surface area contributed by atoms with Crippen molar-refractivity contribution in [3.05, 3.63) is 35.9 Å². The molecule has 2 heterocycles. The Morgan fingerprint density at radius 2 is 2.00 bits per heavy atom. The van der Waals surface area contributed by atoms with Crippen LogP contribution in [0.5, 0.6) is 0 Å². The molecule has 104 valence electrons. The normalized spacial score (nSPS) is 35.4. The maximum Gasteiger partial charge on any atom is 0.0611 e. The maximum atomic E-state index is 6.14. The predicted molar refractivity (Wildman–Crippen MR) is 78.2 cm³/mol. The van der Waals surface area contributed by atoms with Crippen LogP contribution in [0.2, 0.25) is 0 Å². The van der Waals surface area contributed by atoms with Crippen LogP contribution in [-0.2, 0) is 11.2 Å². The molecule has 2 fully saturated rings. The van der Waals surface area contributed by atoms with Crippen molar-refractivity contribution in [2.75, 3.05) is 13.1 Å². The number of benzene rings is 1. The fourth-order valence-corrected chi connectivity index (χ4v) is 3.72. The molecule has 0 spiro atoms. The van der Waals surface area contributed by atoms with E-state index in [0.717, 1.165) is 24.9 Å². The molecule has 2 aliphatic rings. The first-order valence-electron chi connectivity index (χ1n) is 7.73. The molecule has 2 nitrogen and oxygen atoms in total. The number of ether oxygens (including phenoxy) is 1. The average molecular weight is 259 g/mol. The van der Waals surface area contributed by atoms with E-state index in [-0.39, 0.29) is 0 Å². The number of nitrogens with one attached hydrogen (secondary N) is 1. The van der Waals surface area contributed by atoms with Gasteiger partial charge < -0.3 is 10.1 Å². The van der Waals surface area contributed by atoms with Gasteiger partial charge in [0.05, 0.1) is 12.2 Å². The first-order valence-corrected chi connectivity index (χ1v) is 7.73. The highest BCUT2D eigenvalue weighted by Gasteiger charge is 2.36. The van der Waals surface area contributed by atoms with Crippen LogP contribution in [0.15, 0.2) is 30.3 Å². The van der Waals surface area contributed by atoms with Crippen molar-refractivity contribution in [2.45, 2.75) is 44.8 Å². The lowest BCUT2D eigenvalue weighted by Gasteiger charge is -2.36. The summed E-state index contributed by atoms with van der Waals surface area (Å²) in [6.07, 6.45) is 5.94. The Hall–Kier alpha value is -0.860. The van der Waals surface area contributed by atoms with Gasteiger partial charge in [-0.2, -0.15) is 0 Å². The minimum atomic E-state index is 0.470. The van der Waals surface area contributed by atoms with E-state index in [0.29, 0.717) is 12.2 Å². The molecule has 2 aliphatic heterocycles. The molecule has 1 aromatic carbocycles. The molecule has 0 saturated carbocycles. The molecule has 19 heavy (non-hydrogen) atoms. The summed E-state index contributed by atoms with van der Waals surface area (Å²) < 4.78 is 6.14. The summed E-state index contributed by atoms with van der Waals surface area (Å²) in [5.74, 6) is 1.47. The lowest BCUT2D eigenvalue weighted by Crippen LogP contribution is -2.42. The van der Waals surface area contributed by atoms with Crippen LogP contribution in [0.25, 0.3) is 0 Å². The molecule has 0 amide bonds. The van der Waals surface area contributed by atoms with Crippen molar-refractivity contribution in [1.82, 2.24) is 5.32 Å². The van der Waals surface area contributed by atoms with Gasteiger partial charge in [0, 0.05) is 0 Å². The van der Waals surface area contributed by atoms with Gasteiger partial charge in [0.1, 0.15) is 0 Å². The number of rotatable bonds is 3. The van der Waals surface area contributed by atoms with E-state index < -0.39 is 0 Å². The molecule has 4 unspecified atom stereocenters. The van der Waals surface area contributed by atoms with Crippen LogP contribution in [0.3, 0.4) is 0 Å². The lowest BCUT2D eigenvalue weighted by atomic mass is 9.78. The first kappa shape index (κ1) is 13.1. The Bertz CT molecular complexity index is 392. The fourth-order valence-electron chi connectivity index (χ4n) is 3.72. The number of hydrogen-bond donors (Lipinski definition) is 1. The van der Waals surface area contributed by atoms with E-state index in [4.69, 9.17) is 4.74 Å². The molecule has 1 aromatic rings. The fraction of sp³-hybridized carbons (Fsp3) is 0.647. The third kappa shape index (κ3) is 3.18. The standard InChI is InChI=1S/C17H25NO/c1-13-7-8-17(19-13)16-9-10-18-12-15(16)11-14-5-3-2-4-6-14/h2-6,13,15-18H,7-12H2,1H3. The van der Waals surface area contributed by atoms with Crippen molar-refractivity contribution in [3.8, 4) is 0 Å². The van der Waals surface area contributed by atoms with Crippen molar-refractivity contribution < 1.29 is 4.74 Å². The SMILES string of the molecule is CC1CCC(C2CCNCC2Cc2ccccc2)O1. The lowest BCUT2D eigenvalue weighted by molar-refractivity contribution is -0.00849. The molecular formula is C17H25NO. The van der Waals surface area contributed by atoms with E-state index >= 15 is 0 Å². The summed E-state index contributed by atoms with van der Waals surface area (Å²) in [5, 5.41) is 3.56. The second-order valence-electron chi connectivity index (χ2n) is 6.17. The Kier molecular flexibility index (Phi) is 4.19. The van der Waals surface area contributed by atoms with Crippen molar-refractivity contribution in [3.63, 3.8) is 0 Å². The van der Waals surface area contributed by atoms with Crippen LogP contribution in [0.1, 0.15) is 31.7 Å². The van der Waals surface area contributed by atoms with Crippen LogP contribution < -0.4 is 5.32 Å². The Labute approximate surface area is 116 Å². The maximum absolute atomic E-state index is 6.14. The third-order valence-corrected chi connectivity index (χ3v) is 4.75. The minimum absolute atomic E-state index is 0.470. The van der Waals surface area contributed by atoms with Crippen molar-refractivity contribution in [2.24, 2.45) is 11.8 Å². The number of piperidine rings is 1. The van der Waals surface area contributed by atoms with Crippen molar-refractivity contribution in [1.29, 1.82) is 0 Å². The Balaban J connectivity index is 1.67. The minimum Gasteiger partial charge on any atom is -0.375 e. The Morgan fingerprint density at radius 1 is 1.16 bits per heavy atom. The van der Waals surface area contributed by atoms with Gasteiger partial charge in [0.25, 0.3) is 0 Å². The molecule has 2 saturated heterocycles. The summed E-state index contributed by atoms with van der Waals surface area (Å²) in [6, 6.07) is 10.9. The Morgan fingerprint density at radius 3 is 2.74 bits per heavy atom. The average Bonchev–Trinajstić information content (AvgIpc) is 2.87. The zero-order valence-electron chi connectivity index (χ0n) is 11.8. The van der Waals surface area contributed by atoms with Gasteiger partial charge in [0.15, 0.2) is 0 Å². The van der Waals surface area contributed by atoms with Gasteiger partial charge in [0.2, 0.25) is 0 Å². The van der Waals surface area contributed by atoms with Crippen molar-refractivity contribution >= 4 is 0 Å². The third-order valence-electron chi connectivity index (χ3n) is 4.75. The zero-order chi connectivity index (χ0) is 13.1. The molecule has 2 heteroatoms. The topological polar surface area (TPSA) is 21.3 Å². The van der Waals surface area contributed by atoms with Gasteiger partial charge in [-0.25, -0.2) is 0 Å². The van der Waals surface area contributed by atoms with Crippen LogP contribution >= 0.6 is 0 Å². The van der Waals surface area contributed by atoms with Gasteiger partial charge in [-0.1, -0.05) is 30.3 Å². The molecule has 1 N–H and O–H groups in total. The van der Waals surface area contributed by atoms with Gasteiger partial charge in [-0.05, 0) is 63.1 Å². The largest absolute Gasteiger partial charge is 0.375 e. The highest BCUT2D eigenvalue weighted by Crippen LogP contribution is 2.34. The summed E-state index contributed by atoms with van der Waals surface area (Å²) in [4.78, 5) is 0. The quantitative estimate of drug-likeness (QED) is 0.901. The van der Waals surface area contributed by atoms with Crippen LogP contribution in [0, 0.1) is 11.8 Å². The van der Waals surface area contributed by atoms with Gasteiger partial charge in [-0.3, -0.25) is 0 Å². The highest BCUT2D eigenvalue weighted by molar-refractivity contribution is 5.16. The van der Waals surface area contributed by atoms with E-state index in [9.17, 15) is 0 Å². The first-order chi connectivity index (χ1) is 9.33. The molecular weight excluding hydrogens is 234 g/mol. The van der Waals surface area contributed by atoms with Gasteiger partial charge >= 0.3 is 0 Å².